The maximum Gasteiger partial charge on any atom is 0.224 e. The zero-order valence-electron chi connectivity index (χ0n) is 11.0. The summed E-state index contributed by atoms with van der Waals surface area (Å²) in [5.41, 5.74) is 0.814. The van der Waals surface area contributed by atoms with Crippen LogP contribution in [0.4, 0.5) is 5.69 Å². The fourth-order valence-corrected chi connectivity index (χ4v) is 2.23. The van der Waals surface area contributed by atoms with Gasteiger partial charge in [0.1, 0.15) is 0 Å². The van der Waals surface area contributed by atoms with E-state index in [0.29, 0.717) is 12.5 Å². The van der Waals surface area contributed by atoms with Crippen molar-refractivity contribution in [3.63, 3.8) is 0 Å². The van der Waals surface area contributed by atoms with Crippen molar-refractivity contribution < 1.29 is 4.79 Å². The van der Waals surface area contributed by atoms with Crippen LogP contribution in [-0.2, 0) is 4.79 Å². The molecule has 1 aromatic heterocycles. The highest BCUT2D eigenvalue weighted by molar-refractivity contribution is 5.90. The summed E-state index contributed by atoms with van der Waals surface area (Å²) in [6, 6.07) is 0.465. The molecule has 1 aromatic rings. The van der Waals surface area contributed by atoms with E-state index in [0.717, 1.165) is 44.5 Å². The molecular weight excluding hydrogens is 228 g/mol. The summed E-state index contributed by atoms with van der Waals surface area (Å²) in [7, 11) is 0. The minimum atomic E-state index is 0.0849. The van der Waals surface area contributed by atoms with Gasteiger partial charge >= 0.3 is 0 Å². The SMILES string of the molecule is CCCCC(=O)Nc1cnn(C2CCNCC2)c1. The molecule has 2 N–H and O–H groups in total. The lowest BCUT2D eigenvalue weighted by atomic mass is 10.1. The van der Waals surface area contributed by atoms with Gasteiger partial charge in [0.15, 0.2) is 0 Å². The molecule has 5 nitrogen and oxygen atoms in total. The van der Waals surface area contributed by atoms with Crippen LogP contribution in [-0.4, -0.2) is 28.8 Å². The van der Waals surface area contributed by atoms with Crippen molar-refractivity contribution >= 4 is 11.6 Å². The number of aromatic nitrogens is 2. The Morgan fingerprint density at radius 2 is 2.33 bits per heavy atom. The first-order valence-corrected chi connectivity index (χ1v) is 6.84. The van der Waals surface area contributed by atoms with Crippen LogP contribution in [0.25, 0.3) is 0 Å². The van der Waals surface area contributed by atoms with Crippen molar-refractivity contribution in [3.05, 3.63) is 12.4 Å². The maximum atomic E-state index is 11.6. The summed E-state index contributed by atoms with van der Waals surface area (Å²) in [6.45, 7) is 4.17. The van der Waals surface area contributed by atoms with Gasteiger partial charge in [-0.05, 0) is 32.4 Å². The van der Waals surface area contributed by atoms with Gasteiger partial charge in [-0.2, -0.15) is 5.10 Å². The van der Waals surface area contributed by atoms with Crippen molar-refractivity contribution in [3.8, 4) is 0 Å². The van der Waals surface area contributed by atoms with Crippen molar-refractivity contribution in [2.75, 3.05) is 18.4 Å². The third-order valence-electron chi connectivity index (χ3n) is 3.33. The second-order valence-electron chi connectivity index (χ2n) is 4.84. The summed E-state index contributed by atoms with van der Waals surface area (Å²) in [6.07, 6.45) is 8.46. The van der Waals surface area contributed by atoms with Gasteiger partial charge in [0.05, 0.1) is 17.9 Å². The fourth-order valence-electron chi connectivity index (χ4n) is 2.23. The average Bonchev–Trinajstić information content (AvgIpc) is 2.86. The third kappa shape index (κ3) is 3.57. The van der Waals surface area contributed by atoms with E-state index in [1.165, 1.54) is 0 Å². The Morgan fingerprint density at radius 3 is 3.06 bits per heavy atom. The van der Waals surface area contributed by atoms with Crippen molar-refractivity contribution in [2.24, 2.45) is 0 Å². The van der Waals surface area contributed by atoms with Gasteiger partial charge in [-0.3, -0.25) is 9.48 Å². The van der Waals surface area contributed by atoms with Gasteiger partial charge in [0, 0.05) is 12.6 Å². The number of nitrogens with one attached hydrogen (secondary N) is 2. The van der Waals surface area contributed by atoms with Crippen LogP contribution in [0.15, 0.2) is 12.4 Å². The molecule has 0 atom stereocenters. The molecule has 18 heavy (non-hydrogen) atoms. The number of nitrogens with zero attached hydrogens (tertiary/aromatic N) is 2. The Kier molecular flexibility index (Phi) is 4.75. The summed E-state index contributed by atoms with van der Waals surface area (Å²) in [4.78, 5) is 11.6. The highest BCUT2D eigenvalue weighted by atomic mass is 16.1. The van der Waals surface area contributed by atoms with Gasteiger partial charge < -0.3 is 10.6 Å². The highest BCUT2D eigenvalue weighted by Crippen LogP contribution is 2.19. The van der Waals surface area contributed by atoms with Crippen LogP contribution in [0, 0.1) is 0 Å². The van der Waals surface area contributed by atoms with Crippen LogP contribution in [0.5, 0.6) is 0 Å². The van der Waals surface area contributed by atoms with Gasteiger partial charge in [0.2, 0.25) is 5.91 Å². The fraction of sp³-hybridized carbons (Fsp3) is 0.692. The van der Waals surface area contributed by atoms with Crippen molar-refractivity contribution in [1.29, 1.82) is 0 Å². The van der Waals surface area contributed by atoms with E-state index < -0.39 is 0 Å². The Balaban J connectivity index is 1.87. The van der Waals surface area contributed by atoms with Crippen molar-refractivity contribution in [2.45, 2.75) is 45.1 Å². The zero-order chi connectivity index (χ0) is 12.8. The van der Waals surface area contributed by atoms with Gasteiger partial charge in [-0.1, -0.05) is 13.3 Å². The number of rotatable bonds is 5. The monoisotopic (exact) mass is 250 g/mol. The first-order chi connectivity index (χ1) is 8.79. The van der Waals surface area contributed by atoms with Gasteiger partial charge in [0.25, 0.3) is 0 Å². The number of carbonyl (C=O) groups is 1. The highest BCUT2D eigenvalue weighted by Gasteiger charge is 2.15. The number of piperidine rings is 1. The molecule has 0 saturated carbocycles. The molecular formula is C13H22N4O. The number of anilines is 1. The van der Waals surface area contributed by atoms with Crippen LogP contribution in [0.3, 0.4) is 0 Å². The Hall–Kier alpha value is -1.36. The predicted molar refractivity (Wildman–Crippen MR) is 71.5 cm³/mol. The Bertz CT molecular complexity index is 382. The normalized spacial score (nSPS) is 16.7. The lowest BCUT2D eigenvalue weighted by Crippen LogP contribution is -2.29. The van der Waals surface area contributed by atoms with Crippen LogP contribution in [0.1, 0.15) is 45.1 Å². The molecule has 0 bridgehead atoms. The molecule has 1 aliphatic heterocycles. The third-order valence-corrected chi connectivity index (χ3v) is 3.33. The van der Waals surface area contributed by atoms with Crippen LogP contribution in [0.2, 0.25) is 0 Å². The molecule has 1 amide bonds. The molecule has 0 aromatic carbocycles. The lowest BCUT2D eigenvalue weighted by Gasteiger charge is -2.22. The second kappa shape index (κ2) is 6.54. The maximum absolute atomic E-state index is 11.6. The van der Waals surface area contributed by atoms with E-state index in [4.69, 9.17) is 0 Å². The van der Waals surface area contributed by atoms with E-state index >= 15 is 0 Å². The first kappa shape index (κ1) is 13.1. The lowest BCUT2D eigenvalue weighted by molar-refractivity contribution is -0.116. The molecule has 2 heterocycles. The average molecular weight is 250 g/mol. The number of hydrogen-bond acceptors (Lipinski definition) is 3. The topological polar surface area (TPSA) is 59.0 Å². The van der Waals surface area contributed by atoms with E-state index in [2.05, 4.69) is 22.7 Å². The molecule has 5 heteroatoms. The van der Waals surface area contributed by atoms with Crippen molar-refractivity contribution in [1.82, 2.24) is 15.1 Å². The quantitative estimate of drug-likeness (QED) is 0.839. The minimum Gasteiger partial charge on any atom is -0.323 e. The van der Waals surface area contributed by atoms with E-state index in [9.17, 15) is 4.79 Å². The largest absolute Gasteiger partial charge is 0.323 e. The molecule has 1 fully saturated rings. The smallest absolute Gasteiger partial charge is 0.224 e. The number of carbonyl (C=O) groups excluding carboxylic acids is 1. The first-order valence-electron chi connectivity index (χ1n) is 6.84. The number of unbranched alkanes of at least 4 members (excludes halogenated alkanes) is 1. The zero-order valence-corrected chi connectivity index (χ0v) is 11.0. The van der Waals surface area contributed by atoms with E-state index in [-0.39, 0.29) is 5.91 Å². The predicted octanol–water partition coefficient (Wildman–Crippen LogP) is 1.94. The van der Waals surface area contributed by atoms with E-state index in [1.54, 1.807) is 6.20 Å². The Labute approximate surface area is 108 Å². The molecule has 0 unspecified atom stereocenters. The number of amides is 1. The molecule has 0 radical (unpaired) electrons. The van der Waals surface area contributed by atoms with Gasteiger partial charge in [-0.15, -0.1) is 0 Å². The molecule has 0 aliphatic carbocycles. The summed E-state index contributed by atoms with van der Waals surface area (Å²) in [5.74, 6) is 0.0849. The second-order valence-corrected chi connectivity index (χ2v) is 4.84. The summed E-state index contributed by atoms with van der Waals surface area (Å²) in [5, 5.41) is 10.6. The Morgan fingerprint density at radius 1 is 1.56 bits per heavy atom. The van der Waals surface area contributed by atoms with Gasteiger partial charge in [-0.25, -0.2) is 0 Å². The molecule has 1 saturated heterocycles. The number of hydrogen-bond donors (Lipinski definition) is 2. The molecule has 100 valence electrons. The standard InChI is InChI=1S/C13H22N4O/c1-2-3-4-13(18)16-11-9-15-17(10-11)12-5-7-14-8-6-12/h9-10,12,14H,2-8H2,1H3,(H,16,18). The van der Waals surface area contributed by atoms with Crippen LogP contribution < -0.4 is 10.6 Å². The summed E-state index contributed by atoms with van der Waals surface area (Å²) < 4.78 is 1.98. The molecule has 0 spiro atoms. The van der Waals surface area contributed by atoms with Crippen LogP contribution >= 0.6 is 0 Å². The van der Waals surface area contributed by atoms with E-state index in [1.807, 2.05) is 10.9 Å². The summed E-state index contributed by atoms with van der Waals surface area (Å²) >= 11 is 0. The molecule has 1 aliphatic rings. The minimum absolute atomic E-state index is 0.0849. The molecule has 2 rings (SSSR count).